The molecule has 0 N–H and O–H groups in total. The van der Waals surface area contributed by atoms with Crippen LogP contribution in [0.5, 0.6) is 0 Å². The van der Waals surface area contributed by atoms with Crippen LogP contribution in [0.25, 0.3) is 21.6 Å². The average molecular weight is 360 g/mol. The standard InChI is InChI=1S/C15H16N6OS2/c1-7-16-11-10-8-5-15(2,3)22-6-9(8)24-12(10)20-13(21(11)19-7)17-18-14(20)23-4/h5-6H2,1-4H3. The fourth-order valence-electron chi connectivity index (χ4n) is 3.35. The minimum Gasteiger partial charge on any atom is -0.370 e. The molecule has 0 fully saturated rings. The van der Waals surface area contributed by atoms with E-state index >= 15 is 0 Å². The molecule has 5 rings (SSSR count). The normalized spacial score (nSPS) is 17.2. The van der Waals surface area contributed by atoms with Crippen LogP contribution in [0.15, 0.2) is 5.16 Å². The van der Waals surface area contributed by atoms with Gasteiger partial charge in [0.05, 0.1) is 17.6 Å². The number of thioether (sulfide) groups is 1. The van der Waals surface area contributed by atoms with Crippen LogP contribution in [-0.2, 0) is 17.8 Å². The van der Waals surface area contributed by atoms with Gasteiger partial charge in [0.25, 0.3) is 5.78 Å². The fourth-order valence-corrected chi connectivity index (χ4v) is 5.11. The molecule has 0 saturated carbocycles. The van der Waals surface area contributed by atoms with Crippen molar-refractivity contribution in [2.45, 2.75) is 44.6 Å². The summed E-state index contributed by atoms with van der Waals surface area (Å²) in [5, 5.41) is 15.2. The van der Waals surface area contributed by atoms with E-state index in [1.54, 1.807) is 23.1 Å². The zero-order valence-corrected chi connectivity index (χ0v) is 15.5. The minimum absolute atomic E-state index is 0.169. The largest absolute Gasteiger partial charge is 0.370 e. The van der Waals surface area contributed by atoms with Crippen molar-refractivity contribution in [2.24, 2.45) is 0 Å². The lowest BCUT2D eigenvalue weighted by molar-refractivity contribution is -0.0379. The van der Waals surface area contributed by atoms with E-state index in [0.717, 1.165) is 33.3 Å². The topological polar surface area (TPSA) is 69.6 Å². The van der Waals surface area contributed by atoms with Gasteiger partial charge >= 0.3 is 0 Å². The highest BCUT2D eigenvalue weighted by atomic mass is 32.2. The highest BCUT2D eigenvalue weighted by Crippen LogP contribution is 2.41. The third-order valence-electron chi connectivity index (χ3n) is 4.40. The molecule has 0 atom stereocenters. The number of hydrogen-bond donors (Lipinski definition) is 0. The Morgan fingerprint density at radius 3 is 2.92 bits per heavy atom. The molecule has 0 saturated heterocycles. The summed E-state index contributed by atoms with van der Waals surface area (Å²) >= 11 is 3.34. The Morgan fingerprint density at radius 2 is 2.12 bits per heavy atom. The number of nitrogens with zero attached hydrogens (tertiary/aromatic N) is 6. The Kier molecular flexibility index (Phi) is 2.85. The third kappa shape index (κ3) is 1.83. The second-order valence-corrected chi connectivity index (χ2v) is 8.48. The summed E-state index contributed by atoms with van der Waals surface area (Å²) in [6.45, 7) is 6.82. The Bertz CT molecular complexity index is 1120. The number of aryl methyl sites for hydroxylation is 1. The first-order chi connectivity index (χ1) is 11.5. The van der Waals surface area contributed by atoms with Gasteiger partial charge in [0.15, 0.2) is 10.8 Å². The molecule has 4 aromatic heterocycles. The summed E-state index contributed by atoms with van der Waals surface area (Å²) in [6.07, 6.45) is 2.88. The summed E-state index contributed by atoms with van der Waals surface area (Å²) in [7, 11) is 0. The lowest BCUT2D eigenvalue weighted by Gasteiger charge is -2.30. The van der Waals surface area contributed by atoms with Crippen molar-refractivity contribution in [1.29, 1.82) is 0 Å². The first-order valence-corrected chi connectivity index (χ1v) is 9.75. The van der Waals surface area contributed by atoms with Gasteiger partial charge in [-0.05, 0) is 32.6 Å². The molecule has 124 valence electrons. The smallest absolute Gasteiger partial charge is 0.260 e. The first kappa shape index (κ1) is 14.6. The minimum atomic E-state index is -0.169. The molecule has 0 spiro atoms. The molecule has 0 radical (unpaired) electrons. The van der Waals surface area contributed by atoms with E-state index in [1.165, 1.54) is 10.4 Å². The molecule has 0 amide bonds. The molecule has 1 aliphatic rings. The van der Waals surface area contributed by atoms with Crippen LogP contribution in [0.4, 0.5) is 0 Å². The van der Waals surface area contributed by atoms with Crippen molar-refractivity contribution >= 4 is 44.7 Å². The zero-order valence-electron chi connectivity index (χ0n) is 13.8. The highest BCUT2D eigenvalue weighted by molar-refractivity contribution is 7.98. The number of rotatable bonds is 1. The van der Waals surface area contributed by atoms with Gasteiger partial charge in [-0.15, -0.1) is 26.6 Å². The van der Waals surface area contributed by atoms with Gasteiger partial charge in [-0.2, -0.15) is 4.52 Å². The summed E-state index contributed by atoms with van der Waals surface area (Å²) < 4.78 is 9.92. The van der Waals surface area contributed by atoms with Crippen LogP contribution in [0.2, 0.25) is 0 Å². The zero-order chi connectivity index (χ0) is 16.6. The van der Waals surface area contributed by atoms with Gasteiger partial charge in [0, 0.05) is 11.3 Å². The van der Waals surface area contributed by atoms with Crippen LogP contribution in [0.1, 0.15) is 30.1 Å². The second kappa shape index (κ2) is 4.68. The van der Waals surface area contributed by atoms with Crippen LogP contribution < -0.4 is 0 Å². The van der Waals surface area contributed by atoms with Crippen molar-refractivity contribution < 1.29 is 4.74 Å². The van der Waals surface area contributed by atoms with E-state index in [4.69, 9.17) is 4.74 Å². The molecule has 9 heteroatoms. The molecule has 0 aromatic carbocycles. The lowest BCUT2D eigenvalue weighted by atomic mass is 9.94. The molecule has 5 heterocycles. The Labute approximate surface area is 146 Å². The molecule has 0 aliphatic carbocycles. The quantitative estimate of drug-likeness (QED) is 0.486. The van der Waals surface area contributed by atoms with E-state index in [2.05, 4.69) is 38.5 Å². The molecule has 7 nitrogen and oxygen atoms in total. The number of fused-ring (bicyclic) bond motifs is 8. The van der Waals surface area contributed by atoms with Crippen molar-refractivity contribution in [3.05, 3.63) is 16.3 Å². The summed E-state index contributed by atoms with van der Waals surface area (Å²) in [5.41, 5.74) is 2.02. The van der Waals surface area contributed by atoms with E-state index in [0.29, 0.717) is 12.4 Å². The van der Waals surface area contributed by atoms with Gasteiger partial charge in [0.1, 0.15) is 10.7 Å². The van der Waals surface area contributed by atoms with Gasteiger partial charge in [0.2, 0.25) is 0 Å². The van der Waals surface area contributed by atoms with Crippen LogP contribution >= 0.6 is 23.1 Å². The maximum Gasteiger partial charge on any atom is 0.260 e. The summed E-state index contributed by atoms with van der Waals surface area (Å²) in [4.78, 5) is 7.08. The monoisotopic (exact) mass is 360 g/mol. The summed E-state index contributed by atoms with van der Waals surface area (Å²) in [6, 6.07) is 0. The maximum absolute atomic E-state index is 6.01. The fraction of sp³-hybridized carbons (Fsp3) is 0.467. The average Bonchev–Trinajstić information content (AvgIpc) is 3.19. The van der Waals surface area contributed by atoms with Crippen LogP contribution in [-0.4, -0.2) is 41.1 Å². The molecule has 0 bridgehead atoms. The van der Waals surface area contributed by atoms with E-state index in [-0.39, 0.29) is 5.60 Å². The van der Waals surface area contributed by atoms with Crippen molar-refractivity contribution in [1.82, 2.24) is 29.2 Å². The number of hydrogen-bond acceptors (Lipinski definition) is 7. The second-order valence-electron chi connectivity index (χ2n) is 6.63. The Morgan fingerprint density at radius 1 is 1.29 bits per heavy atom. The number of ether oxygens (including phenoxy) is 1. The third-order valence-corrected chi connectivity index (χ3v) is 6.22. The Hall–Kier alpha value is -1.71. The van der Waals surface area contributed by atoms with Gasteiger partial charge in [-0.1, -0.05) is 11.8 Å². The van der Waals surface area contributed by atoms with Crippen molar-refractivity contribution in [3.8, 4) is 0 Å². The highest BCUT2D eigenvalue weighted by Gasteiger charge is 2.32. The van der Waals surface area contributed by atoms with E-state index in [1.807, 2.05) is 17.7 Å². The number of aromatic nitrogens is 6. The summed E-state index contributed by atoms with van der Waals surface area (Å²) in [5.74, 6) is 1.45. The lowest BCUT2D eigenvalue weighted by Crippen LogP contribution is -2.31. The van der Waals surface area contributed by atoms with E-state index < -0.39 is 0 Å². The molecular formula is C15H16N6OS2. The predicted molar refractivity (Wildman–Crippen MR) is 94.0 cm³/mol. The van der Waals surface area contributed by atoms with Crippen LogP contribution in [0, 0.1) is 6.92 Å². The van der Waals surface area contributed by atoms with Gasteiger partial charge < -0.3 is 4.74 Å². The molecular weight excluding hydrogens is 344 g/mol. The van der Waals surface area contributed by atoms with Crippen LogP contribution in [0.3, 0.4) is 0 Å². The molecule has 4 aromatic rings. The van der Waals surface area contributed by atoms with Crippen molar-refractivity contribution in [3.63, 3.8) is 0 Å². The SMILES string of the molecule is CSc1nnc2n3nc(C)nc3c3c4c(sc3n12)COC(C)(C)C4. The number of thiophene rings is 1. The van der Waals surface area contributed by atoms with Crippen molar-refractivity contribution in [2.75, 3.05) is 6.26 Å². The molecule has 1 aliphatic heterocycles. The maximum atomic E-state index is 6.01. The Balaban J connectivity index is 2.02. The molecule has 24 heavy (non-hydrogen) atoms. The van der Waals surface area contributed by atoms with Gasteiger partial charge in [-0.3, -0.25) is 0 Å². The molecule has 0 unspecified atom stereocenters. The first-order valence-electron chi connectivity index (χ1n) is 7.71. The predicted octanol–water partition coefficient (Wildman–Crippen LogP) is 2.87. The van der Waals surface area contributed by atoms with Gasteiger partial charge in [-0.25, -0.2) is 9.38 Å². The van der Waals surface area contributed by atoms with E-state index in [9.17, 15) is 0 Å².